The van der Waals surface area contributed by atoms with Crippen molar-refractivity contribution < 1.29 is 4.42 Å². The number of nitrogens with zero attached hydrogens (tertiary/aromatic N) is 3. The summed E-state index contributed by atoms with van der Waals surface area (Å²) in [6.07, 6.45) is 0. The summed E-state index contributed by atoms with van der Waals surface area (Å²) in [5, 5.41) is 2.25. The average molecular weight is 476 g/mol. The Kier molecular flexibility index (Phi) is 5.07. The van der Waals surface area contributed by atoms with Crippen LogP contribution in [0, 0.1) is 0 Å². The van der Waals surface area contributed by atoms with Gasteiger partial charge in [-0.05, 0) is 35.4 Å². The number of hydrogen-bond donors (Lipinski definition) is 0. The van der Waals surface area contributed by atoms with E-state index in [4.69, 9.17) is 19.4 Å². The highest BCUT2D eigenvalue weighted by molar-refractivity contribution is 6.05. The Balaban J connectivity index is 1.35. The number of para-hydroxylation sites is 1. The highest BCUT2D eigenvalue weighted by Crippen LogP contribution is 2.33. The van der Waals surface area contributed by atoms with Crippen LogP contribution in [0.1, 0.15) is 0 Å². The van der Waals surface area contributed by atoms with Crippen LogP contribution in [-0.2, 0) is 0 Å². The van der Waals surface area contributed by atoms with Crippen molar-refractivity contribution in [3.63, 3.8) is 0 Å². The van der Waals surface area contributed by atoms with Crippen molar-refractivity contribution in [3.8, 4) is 45.3 Å². The van der Waals surface area contributed by atoms with Gasteiger partial charge in [0.25, 0.3) is 0 Å². The lowest BCUT2D eigenvalue weighted by Gasteiger charge is -2.09. The molecule has 174 valence electrons. The van der Waals surface area contributed by atoms with E-state index in [0.717, 1.165) is 49.8 Å². The largest absolute Gasteiger partial charge is 0.456 e. The molecule has 0 unspecified atom stereocenters. The van der Waals surface area contributed by atoms with E-state index in [1.807, 2.05) is 91.0 Å². The van der Waals surface area contributed by atoms with Gasteiger partial charge in [-0.3, -0.25) is 0 Å². The first-order valence-electron chi connectivity index (χ1n) is 12.2. The molecule has 0 bridgehead atoms. The van der Waals surface area contributed by atoms with E-state index < -0.39 is 0 Å². The summed E-state index contributed by atoms with van der Waals surface area (Å²) in [7, 11) is 0. The van der Waals surface area contributed by atoms with Gasteiger partial charge in [0.15, 0.2) is 17.5 Å². The number of furan rings is 1. The van der Waals surface area contributed by atoms with Gasteiger partial charge in [0.2, 0.25) is 0 Å². The number of fused-ring (bicyclic) bond motifs is 3. The second-order valence-electron chi connectivity index (χ2n) is 8.93. The van der Waals surface area contributed by atoms with Crippen molar-refractivity contribution in [3.05, 3.63) is 127 Å². The third-order valence-electron chi connectivity index (χ3n) is 6.53. The summed E-state index contributed by atoms with van der Waals surface area (Å²) in [5.74, 6) is 1.94. The predicted octanol–water partition coefficient (Wildman–Crippen LogP) is 8.44. The topological polar surface area (TPSA) is 51.8 Å². The molecular formula is C33H21N3O. The highest BCUT2D eigenvalue weighted by Gasteiger charge is 2.13. The van der Waals surface area contributed by atoms with Crippen molar-refractivity contribution in [1.82, 2.24) is 15.0 Å². The molecule has 7 rings (SSSR count). The minimum Gasteiger partial charge on any atom is -0.456 e. The molecule has 2 heterocycles. The van der Waals surface area contributed by atoms with Crippen molar-refractivity contribution >= 4 is 21.9 Å². The Morgan fingerprint density at radius 3 is 1.57 bits per heavy atom. The summed E-state index contributed by atoms with van der Waals surface area (Å²) in [4.78, 5) is 14.5. The Labute approximate surface area is 213 Å². The molecule has 4 nitrogen and oxygen atoms in total. The smallest absolute Gasteiger partial charge is 0.164 e. The lowest BCUT2D eigenvalue weighted by Crippen LogP contribution is -2.00. The number of aromatic nitrogens is 3. The Morgan fingerprint density at radius 2 is 0.865 bits per heavy atom. The molecule has 5 aromatic carbocycles. The minimum atomic E-state index is 0.638. The van der Waals surface area contributed by atoms with Gasteiger partial charge >= 0.3 is 0 Å². The van der Waals surface area contributed by atoms with Gasteiger partial charge in [0.1, 0.15) is 11.2 Å². The minimum absolute atomic E-state index is 0.638. The molecule has 0 aliphatic carbocycles. The first kappa shape index (κ1) is 21.2. The second kappa shape index (κ2) is 8.85. The summed E-state index contributed by atoms with van der Waals surface area (Å²) in [6, 6.07) is 42.9. The summed E-state index contributed by atoms with van der Waals surface area (Å²) in [6.45, 7) is 0. The first-order valence-corrected chi connectivity index (χ1v) is 12.2. The molecular weight excluding hydrogens is 454 g/mol. The van der Waals surface area contributed by atoms with Gasteiger partial charge in [-0.1, -0.05) is 103 Å². The third kappa shape index (κ3) is 3.95. The third-order valence-corrected chi connectivity index (χ3v) is 6.53. The molecule has 4 heteroatoms. The van der Waals surface area contributed by atoms with Gasteiger partial charge in [0.05, 0.1) is 0 Å². The zero-order chi connectivity index (χ0) is 24.6. The van der Waals surface area contributed by atoms with Crippen molar-refractivity contribution in [1.29, 1.82) is 0 Å². The zero-order valence-electron chi connectivity index (χ0n) is 19.9. The van der Waals surface area contributed by atoms with E-state index >= 15 is 0 Å². The molecule has 0 amide bonds. The fourth-order valence-electron chi connectivity index (χ4n) is 4.68. The summed E-state index contributed by atoms with van der Waals surface area (Å²) >= 11 is 0. The van der Waals surface area contributed by atoms with E-state index in [9.17, 15) is 0 Å². The average Bonchev–Trinajstić information content (AvgIpc) is 3.36. The van der Waals surface area contributed by atoms with Gasteiger partial charge in [0, 0.05) is 27.5 Å². The van der Waals surface area contributed by atoms with Crippen LogP contribution in [0.25, 0.3) is 67.2 Å². The molecule has 37 heavy (non-hydrogen) atoms. The van der Waals surface area contributed by atoms with Crippen LogP contribution in [0.4, 0.5) is 0 Å². The molecule has 2 aromatic heterocycles. The zero-order valence-corrected chi connectivity index (χ0v) is 19.9. The van der Waals surface area contributed by atoms with Crippen molar-refractivity contribution in [2.45, 2.75) is 0 Å². The maximum atomic E-state index is 6.13. The predicted molar refractivity (Wildman–Crippen MR) is 149 cm³/mol. The maximum absolute atomic E-state index is 6.13. The maximum Gasteiger partial charge on any atom is 0.164 e. The standard InChI is InChI=1S/C33H21N3O/c1-3-10-22(11-4-1)31-34-32(23-12-5-2-6-13-23)36-33(35-31)26-15-9-14-24(20-26)25-18-19-28-27-16-7-8-17-29(27)37-30(28)21-25/h1-21H. The fourth-order valence-corrected chi connectivity index (χ4v) is 4.68. The molecule has 0 atom stereocenters. The lowest BCUT2D eigenvalue weighted by atomic mass is 10.0. The lowest BCUT2D eigenvalue weighted by molar-refractivity contribution is 0.669. The Hall–Kier alpha value is -5.09. The number of benzene rings is 5. The molecule has 0 saturated heterocycles. The van der Waals surface area contributed by atoms with E-state index in [1.165, 1.54) is 0 Å². The van der Waals surface area contributed by atoms with Crippen LogP contribution >= 0.6 is 0 Å². The van der Waals surface area contributed by atoms with Gasteiger partial charge < -0.3 is 4.42 Å². The van der Waals surface area contributed by atoms with Gasteiger partial charge in [-0.2, -0.15) is 0 Å². The molecule has 0 saturated carbocycles. The van der Waals surface area contributed by atoms with E-state index in [2.05, 4.69) is 36.4 Å². The normalized spacial score (nSPS) is 11.2. The molecule has 0 aliphatic heterocycles. The first-order chi connectivity index (χ1) is 18.3. The van der Waals surface area contributed by atoms with Crippen LogP contribution < -0.4 is 0 Å². The molecule has 0 aliphatic rings. The number of hydrogen-bond acceptors (Lipinski definition) is 4. The molecule has 0 radical (unpaired) electrons. The summed E-state index contributed by atoms with van der Waals surface area (Å²) < 4.78 is 6.13. The van der Waals surface area contributed by atoms with Crippen LogP contribution in [0.5, 0.6) is 0 Å². The quantitative estimate of drug-likeness (QED) is 0.256. The molecule has 0 spiro atoms. The second-order valence-corrected chi connectivity index (χ2v) is 8.93. The van der Waals surface area contributed by atoms with Crippen LogP contribution in [0.2, 0.25) is 0 Å². The molecule has 0 N–H and O–H groups in total. The molecule has 7 aromatic rings. The van der Waals surface area contributed by atoms with Crippen molar-refractivity contribution in [2.75, 3.05) is 0 Å². The highest BCUT2D eigenvalue weighted by atomic mass is 16.3. The van der Waals surface area contributed by atoms with Crippen LogP contribution in [0.3, 0.4) is 0 Å². The summed E-state index contributed by atoms with van der Waals surface area (Å²) in [5.41, 5.74) is 6.76. The van der Waals surface area contributed by atoms with E-state index in [0.29, 0.717) is 17.5 Å². The van der Waals surface area contributed by atoms with Gasteiger partial charge in [-0.15, -0.1) is 0 Å². The van der Waals surface area contributed by atoms with Gasteiger partial charge in [-0.25, -0.2) is 15.0 Å². The molecule has 0 fully saturated rings. The van der Waals surface area contributed by atoms with Crippen LogP contribution in [-0.4, -0.2) is 15.0 Å². The number of rotatable bonds is 4. The monoisotopic (exact) mass is 475 g/mol. The van der Waals surface area contributed by atoms with E-state index in [-0.39, 0.29) is 0 Å². The Morgan fingerprint density at radius 1 is 0.351 bits per heavy atom. The fraction of sp³-hybridized carbons (Fsp3) is 0. The SMILES string of the molecule is c1ccc(-c2nc(-c3ccccc3)nc(-c3cccc(-c4ccc5c(c4)oc4ccccc45)c3)n2)cc1. The Bertz CT molecular complexity index is 1820. The van der Waals surface area contributed by atoms with Crippen LogP contribution in [0.15, 0.2) is 132 Å². The van der Waals surface area contributed by atoms with E-state index in [1.54, 1.807) is 0 Å². The van der Waals surface area contributed by atoms with Crippen molar-refractivity contribution in [2.24, 2.45) is 0 Å².